The lowest BCUT2D eigenvalue weighted by Gasteiger charge is -2.38. The predicted octanol–water partition coefficient (Wildman–Crippen LogP) is 1.75. The van der Waals surface area contributed by atoms with Gasteiger partial charge in [-0.2, -0.15) is 0 Å². The number of carboxylic acids is 1. The summed E-state index contributed by atoms with van der Waals surface area (Å²) in [5.41, 5.74) is 9.61. The molecule has 0 atom stereocenters. The van der Waals surface area contributed by atoms with Crippen molar-refractivity contribution in [2.24, 2.45) is 5.73 Å². The molecule has 1 fully saturated rings. The number of aromatic nitrogens is 2. The molecule has 3 aromatic rings. The van der Waals surface area contributed by atoms with Crippen LogP contribution in [0.1, 0.15) is 10.4 Å². The van der Waals surface area contributed by atoms with Crippen LogP contribution in [0.15, 0.2) is 29.2 Å². The second-order valence-corrected chi connectivity index (χ2v) is 7.11. The van der Waals surface area contributed by atoms with Crippen molar-refractivity contribution in [1.82, 2.24) is 9.55 Å². The van der Waals surface area contributed by atoms with Gasteiger partial charge in [0.05, 0.1) is 21.8 Å². The highest BCUT2D eigenvalue weighted by Gasteiger charge is 2.28. The molecule has 11 heteroatoms. The summed E-state index contributed by atoms with van der Waals surface area (Å²) in [5, 5.41) is 9.02. The van der Waals surface area contributed by atoms with E-state index in [1.165, 1.54) is 10.6 Å². The Labute approximate surface area is 166 Å². The number of hydrogen-bond acceptors (Lipinski definition) is 6. The monoisotopic (exact) mass is 421 g/mol. The van der Waals surface area contributed by atoms with Crippen LogP contribution in [0, 0.1) is 11.6 Å². The lowest BCUT2D eigenvalue weighted by molar-refractivity contribution is 0.0695. The third-order valence-corrected chi connectivity index (χ3v) is 4.98. The molecule has 3 heterocycles. The van der Waals surface area contributed by atoms with E-state index in [4.69, 9.17) is 23.1 Å². The van der Waals surface area contributed by atoms with E-state index in [1.807, 2.05) is 0 Å². The summed E-state index contributed by atoms with van der Waals surface area (Å²) in [7, 11) is 0. The molecular formula is C18H14ClF2N5O3. The minimum atomic E-state index is -1.52. The zero-order valence-corrected chi connectivity index (χ0v) is 15.5. The first-order valence-electron chi connectivity index (χ1n) is 8.42. The largest absolute Gasteiger partial charge is 0.477 e. The van der Waals surface area contributed by atoms with Gasteiger partial charge < -0.3 is 21.5 Å². The molecule has 1 saturated heterocycles. The predicted molar refractivity (Wildman–Crippen MR) is 104 cm³/mol. The maximum Gasteiger partial charge on any atom is 0.341 e. The van der Waals surface area contributed by atoms with E-state index in [0.29, 0.717) is 13.1 Å². The normalized spacial score (nSPS) is 14.3. The van der Waals surface area contributed by atoms with Crippen LogP contribution in [0.2, 0.25) is 5.02 Å². The van der Waals surface area contributed by atoms with Crippen LogP contribution in [-0.4, -0.2) is 39.8 Å². The number of hydrogen-bond donors (Lipinski definition) is 3. The number of pyridine rings is 2. The SMILES string of the molecule is Nc1cc(-n2cc(C(=O)O)c(=O)c3cc(F)c(N4CC(N)C4)nc32)c(Cl)cc1F. The summed E-state index contributed by atoms with van der Waals surface area (Å²) in [6.45, 7) is 0.744. The fourth-order valence-electron chi connectivity index (χ4n) is 3.20. The van der Waals surface area contributed by atoms with Gasteiger partial charge in [0.1, 0.15) is 11.4 Å². The Balaban J connectivity index is 2.07. The van der Waals surface area contributed by atoms with Crippen molar-refractivity contribution in [2.75, 3.05) is 23.7 Å². The highest BCUT2D eigenvalue weighted by atomic mass is 35.5. The Morgan fingerprint density at radius 1 is 1.24 bits per heavy atom. The average Bonchev–Trinajstić information content (AvgIpc) is 2.63. The Morgan fingerprint density at radius 3 is 2.55 bits per heavy atom. The number of halogens is 3. The van der Waals surface area contributed by atoms with Crippen LogP contribution < -0.4 is 21.8 Å². The van der Waals surface area contributed by atoms with Crippen LogP contribution >= 0.6 is 11.6 Å². The fraction of sp³-hybridized carbons (Fsp3) is 0.167. The van der Waals surface area contributed by atoms with Crippen molar-refractivity contribution in [2.45, 2.75) is 6.04 Å². The van der Waals surface area contributed by atoms with Crippen molar-refractivity contribution in [3.8, 4) is 5.69 Å². The molecule has 29 heavy (non-hydrogen) atoms. The number of benzene rings is 1. The number of nitrogen functional groups attached to an aromatic ring is 1. The summed E-state index contributed by atoms with van der Waals surface area (Å²) in [5.74, 6) is -3.12. The second kappa shape index (κ2) is 6.68. The number of carboxylic acid groups (broad SMARTS) is 1. The van der Waals surface area contributed by atoms with Crippen LogP contribution in [0.25, 0.3) is 16.7 Å². The van der Waals surface area contributed by atoms with Gasteiger partial charge in [-0.05, 0) is 18.2 Å². The molecule has 0 aliphatic carbocycles. The van der Waals surface area contributed by atoms with Crippen molar-refractivity contribution < 1.29 is 18.7 Å². The molecular weight excluding hydrogens is 408 g/mol. The number of rotatable bonds is 3. The standard InChI is InChI=1S/C18H14ClF2N5O3/c19-10-2-11(20)13(23)3-14(10)26-6-9(18(28)29)15(27)8-1-12(21)17(24-16(8)26)25-4-7(22)5-25/h1-3,6-7H,4-5,22-23H2,(H,28,29). The lowest BCUT2D eigenvalue weighted by Crippen LogP contribution is -2.56. The third kappa shape index (κ3) is 3.06. The number of carbonyl (C=O) groups is 1. The van der Waals surface area contributed by atoms with Crippen molar-refractivity contribution in [1.29, 1.82) is 0 Å². The summed E-state index contributed by atoms with van der Waals surface area (Å²) in [6.07, 6.45) is 1.00. The Bertz CT molecular complexity index is 1240. The van der Waals surface area contributed by atoms with Crippen LogP contribution in [0.3, 0.4) is 0 Å². The minimum absolute atomic E-state index is 0.0402. The molecule has 1 aliphatic rings. The summed E-state index contributed by atoms with van der Waals surface area (Å²) < 4.78 is 29.5. The molecule has 0 spiro atoms. The molecule has 4 rings (SSSR count). The van der Waals surface area contributed by atoms with Crippen molar-refractivity contribution in [3.05, 3.63) is 56.8 Å². The Hall–Kier alpha value is -3.24. The summed E-state index contributed by atoms with van der Waals surface area (Å²) >= 11 is 6.13. The van der Waals surface area contributed by atoms with E-state index < -0.39 is 28.6 Å². The fourth-order valence-corrected chi connectivity index (χ4v) is 3.44. The van der Waals surface area contributed by atoms with Gasteiger partial charge >= 0.3 is 5.97 Å². The smallest absolute Gasteiger partial charge is 0.341 e. The molecule has 1 aliphatic heterocycles. The molecule has 2 aromatic heterocycles. The van der Waals surface area contributed by atoms with E-state index in [-0.39, 0.29) is 39.3 Å². The lowest BCUT2D eigenvalue weighted by atomic mass is 10.1. The highest BCUT2D eigenvalue weighted by molar-refractivity contribution is 6.32. The zero-order chi connectivity index (χ0) is 21.0. The number of nitrogens with zero attached hydrogens (tertiary/aromatic N) is 3. The third-order valence-electron chi connectivity index (χ3n) is 4.68. The second-order valence-electron chi connectivity index (χ2n) is 6.70. The number of anilines is 2. The van der Waals surface area contributed by atoms with Gasteiger partial charge in [-0.3, -0.25) is 9.36 Å². The highest BCUT2D eigenvalue weighted by Crippen LogP contribution is 2.30. The van der Waals surface area contributed by atoms with Gasteiger partial charge in [-0.15, -0.1) is 0 Å². The van der Waals surface area contributed by atoms with Gasteiger partial charge in [0.2, 0.25) is 5.43 Å². The molecule has 5 N–H and O–H groups in total. The average molecular weight is 422 g/mol. The van der Waals surface area contributed by atoms with E-state index >= 15 is 0 Å². The van der Waals surface area contributed by atoms with Crippen LogP contribution in [-0.2, 0) is 0 Å². The molecule has 0 unspecified atom stereocenters. The molecule has 0 radical (unpaired) electrons. The van der Waals surface area contributed by atoms with Crippen LogP contribution in [0.4, 0.5) is 20.3 Å². The maximum absolute atomic E-state index is 14.6. The topological polar surface area (TPSA) is 127 Å². The molecule has 0 saturated carbocycles. The molecule has 0 amide bonds. The molecule has 150 valence electrons. The Kier molecular flexibility index (Phi) is 4.39. The van der Waals surface area contributed by atoms with Gasteiger partial charge in [0, 0.05) is 25.3 Å². The van der Waals surface area contributed by atoms with E-state index in [0.717, 1.165) is 18.3 Å². The molecule has 0 bridgehead atoms. The minimum Gasteiger partial charge on any atom is -0.477 e. The summed E-state index contributed by atoms with van der Waals surface area (Å²) in [6, 6.07) is 2.93. The van der Waals surface area contributed by atoms with Crippen molar-refractivity contribution >= 4 is 40.1 Å². The zero-order valence-electron chi connectivity index (χ0n) is 14.7. The van der Waals surface area contributed by atoms with E-state index in [9.17, 15) is 23.5 Å². The first-order chi connectivity index (χ1) is 13.7. The van der Waals surface area contributed by atoms with Crippen LogP contribution in [0.5, 0.6) is 0 Å². The van der Waals surface area contributed by atoms with Gasteiger partial charge in [-0.1, -0.05) is 11.6 Å². The first-order valence-corrected chi connectivity index (χ1v) is 8.79. The molecule has 1 aromatic carbocycles. The van der Waals surface area contributed by atoms with E-state index in [2.05, 4.69) is 4.98 Å². The quantitative estimate of drug-likeness (QED) is 0.549. The molecule has 8 nitrogen and oxygen atoms in total. The number of aromatic carboxylic acids is 1. The van der Waals surface area contributed by atoms with Crippen molar-refractivity contribution in [3.63, 3.8) is 0 Å². The maximum atomic E-state index is 14.6. The van der Waals surface area contributed by atoms with Gasteiger partial charge in [-0.25, -0.2) is 18.6 Å². The number of nitrogens with two attached hydrogens (primary N) is 2. The van der Waals surface area contributed by atoms with Gasteiger partial charge in [0.15, 0.2) is 17.3 Å². The van der Waals surface area contributed by atoms with E-state index in [1.54, 1.807) is 4.90 Å². The first kappa shape index (κ1) is 19.1. The Morgan fingerprint density at radius 2 is 1.93 bits per heavy atom. The summed E-state index contributed by atoms with van der Waals surface area (Å²) in [4.78, 5) is 29.9. The number of fused-ring (bicyclic) bond motifs is 1. The van der Waals surface area contributed by atoms with Gasteiger partial charge in [0.25, 0.3) is 0 Å².